The Bertz CT molecular complexity index is 977. The fraction of sp³-hybridized carbons (Fsp3) is 0.412. The highest BCUT2D eigenvalue weighted by atomic mass is 32.2. The first kappa shape index (κ1) is 21.8. The van der Waals surface area contributed by atoms with Crippen molar-refractivity contribution in [2.75, 3.05) is 10.0 Å². The van der Waals surface area contributed by atoms with Crippen LogP contribution in [0.25, 0.3) is 0 Å². The van der Waals surface area contributed by atoms with Gasteiger partial charge in [-0.25, -0.2) is 0 Å². The van der Waals surface area contributed by atoms with Crippen LogP contribution in [0.1, 0.15) is 45.0 Å². The van der Waals surface area contributed by atoms with E-state index in [1.807, 2.05) is 20.8 Å². The van der Waals surface area contributed by atoms with Crippen LogP contribution in [0.5, 0.6) is 0 Å². The zero-order valence-corrected chi connectivity index (χ0v) is 17.9. The molecule has 0 aliphatic carbocycles. The molecule has 0 bridgehead atoms. The Morgan fingerprint density at radius 2 is 1.75 bits per heavy atom. The van der Waals surface area contributed by atoms with Crippen molar-refractivity contribution in [3.63, 3.8) is 0 Å². The third kappa shape index (κ3) is 5.73. The smallest absolute Gasteiger partial charge is 0.291 e. The number of benzene rings is 1. The predicted octanol–water partition coefficient (Wildman–Crippen LogP) is 2.46. The molecule has 0 aliphatic rings. The molecule has 1 heterocycles. The van der Waals surface area contributed by atoms with Gasteiger partial charge >= 0.3 is 0 Å². The number of nitrogens with zero attached hydrogens (tertiary/aromatic N) is 2. The Morgan fingerprint density at radius 1 is 1.11 bits per heavy atom. The summed E-state index contributed by atoms with van der Waals surface area (Å²) in [6.45, 7) is 8.88. The highest BCUT2D eigenvalue weighted by molar-refractivity contribution is 7.94. The van der Waals surface area contributed by atoms with Gasteiger partial charge < -0.3 is 10.6 Å². The summed E-state index contributed by atoms with van der Waals surface area (Å²) < 4.78 is 27.3. The Hall–Kier alpha value is -2.53. The maximum absolute atomic E-state index is 12.6. The third-order valence-corrected chi connectivity index (χ3v) is 5.87. The van der Waals surface area contributed by atoms with Crippen LogP contribution in [0, 0.1) is 5.92 Å². The summed E-state index contributed by atoms with van der Waals surface area (Å²) in [6.07, 6.45) is 0. The summed E-state index contributed by atoms with van der Waals surface area (Å²) in [6, 6.07) is 6.25. The second-order valence-electron chi connectivity index (χ2n) is 7.37. The minimum Gasteiger partial charge on any atom is -0.347 e. The van der Waals surface area contributed by atoms with Gasteiger partial charge in [-0.1, -0.05) is 37.3 Å². The number of hydrogen-bond donors (Lipinski definition) is 3. The van der Waals surface area contributed by atoms with Crippen LogP contribution in [-0.2, 0) is 14.8 Å². The maximum Gasteiger partial charge on any atom is 0.291 e. The molecule has 9 nitrogen and oxygen atoms in total. The Balaban J connectivity index is 2.25. The average molecular weight is 426 g/mol. The van der Waals surface area contributed by atoms with Crippen LogP contribution in [0.3, 0.4) is 0 Å². The van der Waals surface area contributed by atoms with Gasteiger partial charge in [-0.2, -0.15) is 8.42 Å². The molecule has 0 unspecified atom stereocenters. The van der Waals surface area contributed by atoms with Crippen LogP contribution >= 0.6 is 11.3 Å². The molecule has 0 radical (unpaired) electrons. The van der Waals surface area contributed by atoms with E-state index < -0.39 is 21.5 Å². The minimum atomic E-state index is -4.08. The normalized spacial score (nSPS) is 11.9. The third-order valence-electron chi connectivity index (χ3n) is 3.30. The van der Waals surface area contributed by atoms with Crippen LogP contribution in [0.15, 0.2) is 28.6 Å². The number of nitrogens with one attached hydrogen (secondary N) is 3. The Labute approximate surface area is 168 Å². The van der Waals surface area contributed by atoms with E-state index in [9.17, 15) is 18.0 Å². The number of amides is 2. The predicted molar refractivity (Wildman–Crippen MR) is 108 cm³/mol. The second-order valence-corrected chi connectivity index (χ2v) is 10.2. The van der Waals surface area contributed by atoms with Gasteiger partial charge in [0, 0.05) is 11.5 Å². The summed E-state index contributed by atoms with van der Waals surface area (Å²) in [5.74, 6) is -0.986. The fourth-order valence-corrected chi connectivity index (χ4v) is 3.97. The lowest BCUT2D eigenvalue weighted by molar-refractivity contribution is -0.118. The van der Waals surface area contributed by atoms with Crippen molar-refractivity contribution in [2.45, 2.75) is 44.5 Å². The summed E-state index contributed by atoms with van der Waals surface area (Å²) >= 11 is 0.724. The lowest BCUT2D eigenvalue weighted by Gasteiger charge is -2.21. The Morgan fingerprint density at radius 3 is 2.36 bits per heavy atom. The second kappa shape index (κ2) is 8.23. The number of carbonyl (C=O) groups excluding carboxylic acids is 2. The summed E-state index contributed by atoms with van der Waals surface area (Å²) in [5, 5.41) is 12.7. The van der Waals surface area contributed by atoms with Crippen molar-refractivity contribution in [1.29, 1.82) is 0 Å². The minimum absolute atomic E-state index is 0.0813. The molecule has 2 aromatic rings. The molecular formula is C17H23N5O4S2. The van der Waals surface area contributed by atoms with Crippen LogP contribution < -0.4 is 15.4 Å². The largest absolute Gasteiger partial charge is 0.347 e. The zero-order valence-electron chi connectivity index (χ0n) is 16.2. The number of carbonyl (C=O) groups is 2. The van der Waals surface area contributed by atoms with E-state index in [0.29, 0.717) is 0 Å². The first-order valence-electron chi connectivity index (χ1n) is 8.48. The first-order valence-corrected chi connectivity index (χ1v) is 10.8. The van der Waals surface area contributed by atoms with E-state index in [2.05, 4.69) is 25.6 Å². The van der Waals surface area contributed by atoms with E-state index in [0.717, 1.165) is 11.3 Å². The van der Waals surface area contributed by atoms with Gasteiger partial charge in [0.2, 0.25) is 11.0 Å². The highest BCUT2D eigenvalue weighted by Gasteiger charge is 2.24. The van der Waals surface area contributed by atoms with Gasteiger partial charge in [-0.15, -0.1) is 10.2 Å². The number of aromatic nitrogens is 2. The monoisotopic (exact) mass is 425 g/mol. The van der Waals surface area contributed by atoms with E-state index in [1.54, 1.807) is 26.0 Å². The number of rotatable bonds is 6. The molecule has 0 saturated carbocycles. The molecule has 0 fully saturated rings. The molecule has 0 spiro atoms. The van der Waals surface area contributed by atoms with Crippen LogP contribution in [-0.4, -0.2) is 36.0 Å². The number of sulfonamides is 1. The summed E-state index contributed by atoms with van der Waals surface area (Å²) in [4.78, 5) is 24.2. The van der Waals surface area contributed by atoms with Gasteiger partial charge in [0.15, 0.2) is 0 Å². The Kier molecular flexibility index (Phi) is 6.40. The van der Waals surface area contributed by atoms with E-state index in [4.69, 9.17) is 0 Å². The van der Waals surface area contributed by atoms with E-state index in [-0.39, 0.29) is 32.5 Å². The molecule has 11 heteroatoms. The van der Waals surface area contributed by atoms with Crippen molar-refractivity contribution < 1.29 is 18.0 Å². The average Bonchev–Trinajstić information content (AvgIpc) is 3.02. The van der Waals surface area contributed by atoms with Crippen molar-refractivity contribution >= 4 is 44.0 Å². The molecule has 0 atom stereocenters. The van der Waals surface area contributed by atoms with Crippen LogP contribution in [0.4, 0.5) is 10.8 Å². The van der Waals surface area contributed by atoms with E-state index >= 15 is 0 Å². The topological polar surface area (TPSA) is 130 Å². The molecule has 2 amide bonds. The summed E-state index contributed by atoms with van der Waals surface area (Å²) in [5.41, 5.74) is -0.183. The first-order chi connectivity index (χ1) is 12.9. The molecular weight excluding hydrogens is 402 g/mol. The molecule has 0 saturated heterocycles. The fourth-order valence-electron chi connectivity index (χ4n) is 1.99. The lowest BCUT2D eigenvalue weighted by atomic mass is 10.1. The van der Waals surface area contributed by atoms with Gasteiger partial charge in [0.05, 0.1) is 11.3 Å². The van der Waals surface area contributed by atoms with Crippen molar-refractivity contribution in [3.05, 3.63) is 29.8 Å². The summed E-state index contributed by atoms with van der Waals surface area (Å²) in [7, 11) is -4.08. The number of anilines is 2. The molecule has 1 aromatic heterocycles. The maximum atomic E-state index is 12.6. The van der Waals surface area contributed by atoms with Crippen molar-refractivity contribution in [2.24, 2.45) is 5.92 Å². The highest BCUT2D eigenvalue weighted by Crippen LogP contribution is 2.25. The molecule has 152 valence electrons. The lowest BCUT2D eigenvalue weighted by Crippen LogP contribution is -2.40. The standard InChI is InChI=1S/C17H23N5O4S2/c1-10(2)13(23)18-15-20-21-16(27-15)28(25,26)22-12-9-7-6-8-11(12)14(24)19-17(3,4)5/h6-10,22H,1-5H3,(H,19,24)(H,18,20,23). The SMILES string of the molecule is CC(C)C(=O)Nc1nnc(S(=O)(=O)Nc2ccccc2C(=O)NC(C)(C)C)s1. The zero-order chi connectivity index (χ0) is 21.1. The number of hydrogen-bond acceptors (Lipinski definition) is 7. The van der Waals surface area contributed by atoms with Gasteiger partial charge in [-0.3, -0.25) is 14.3 Å². The van der Waals surface area contributed by atoms with E-state index in [1.165, 1.54) is 12.1 Å². The number of para-hydroxylation sites is 1. The quantitative estimate of drug-likeness (QED) is 0.610. The van der Waals surface area contributed by atoms with Gasteiger partial charge in [0.25, 0.3) is 20.3 Å². The van der Waals surface area contributed by atoms with Gasteiger partial charge in [-0.05, 0) is 32.9 Å². The molecule has 3 N–H and O–H groups in total. The molecule has 28 heavy (non-hydrogen) atoms. The van der Waals surface area contributed by atoms with Crippen molar-refractivity contribution in [3.8, 4) is 0 Å². The molecule has 0 aliphatic heterocycles. The molecule has 2 rings (SSSR count). The van der Waals surface area contributed by atoms with Crippen molar-refractivity contribution in [1.82, 2.24) is 15.5 Å². The van der Waals surface area contributed by atoms with Crippen LogP contribution in [0.2, 0.25) is 0 Å². The molecule has 1 aromatic carbocycles. The van der Waals surface area contributed by atoms with Gasteiger partial charge in [0.1, 0.15) is 0 Å².